The van der Waals surface area contributed by atoms with Crippen LogP contribution < -0.4 is 15.4 Å². The lowest BCUT2D eigenvalue weighted by molar-refractivity contribution is -0.384. The molecular weight excluding hydrogens is 420 g/mol. The van der Waals surface area contributed by atoms with Crippen LogP contribution in [-0.4, -0.2) is 38.4 Å². The maximum atomic E-state index is 12.7. The summed E-state index contributed by atoms with van der Waals surface area (Å²) in [5.74, 6) is -0.365. The number of amides is 1. The van der Waals surface area contributed by atoms with E-state index in [1.165, 1.54) is 18.2 Å². The first-order valence-corrected chi connectivity index (χ1v) is 11.4. The van der Waals surface area contributed by atoms with Crippen LogP contribution in [0.2, 0.25) is 0 Å². The number of sulfonamides is 1. The Balaban J connectivity index is 1.98. The minimum atomic E-state index is -3.86. The highest BCUT2D eigenvalue weighted by Gasteiger charge is 2.26. The summed E-state index contributed by atoms with van der Waals surface area (Å²) in [4.78, 5) is 23.3. The standard InChI is InChI=1S/C21H28N4O5S/c1-15(2)14-19(24-31(29,30)17-10-8-16(3)9-11-17)21(26)23-13-12-22-18-6-4-5-7-20(18)25(27)28/h4-11,15,19,22,24H,12-14H2,1-3H3,(H,23,26). The minimum Gasteiger partial charge on any atom is -0.378 e. The Labute approximate surface area is 182 Å². The monoisotopic (exact) mass is 448 g/mol. The van der Waals surface area contributed by atoms with Crippen molar-refractivity contribution < 1.29 is 18.1 Å². The van der Waals surface area contributed by atoms with Gasteiger partial charge in [-0.3, -0.25) is 14.9 Å². The molecule has 0 heterocycles. The van der Waals surface area contributed by atoms with Gasteiger partial charge in [0.15, 0.2) is 0 Å². The zero-order chi connectivity index (χ0) is 23.0. The van der Waals surface area contributed by atoms with Crippen molar-refractivity contribution in [3.8, 4) is 0 Å². The summed E-state index contributed by atoms with van der Waals surface area (Å²) in [6.07, 6.45) is 0.328. The molecule has 0 bridgehead atoms. The summed E-state index contributed by atoms with van der Waals surface area (Å²) in [6, 6.07) is 11.7. The summed E-state index contributed by atoms with van der Waals surface area (Å²) in [6.45, 7) is 6.07. The molecule has 3 N–H and O–H groups in total. The number of nitrogens with zero attached hydrogens (tertiary/aromatic N) is 1. The summed E-state index contributed by atoms with van der Waals surface area (Å²) in [5.41, 5.74) is 1.22. The largest absolute Gasteiger partial charge is 0.378 e. The zero-order valence-corrected chi connectivity index (χ0v) is 18.6. The quantitative estimate of drug-likeness (QED) is 0.275. The second-order valence-electron chi connectivity index (χ2n) is 7.61. The molecule has 0 aromatic heterocycles. The molecule has 0 aliphatic carbocycles. The minimum absolute atomic E-state index is 0.0580. The van der Waals surface area contributed by atoms with Crippen LogP contribution in [0.5, 0.6) is 0 Å². The van der Waals surface area contributed by atoms with E-state index in [1.54, 1.807) is 30.3 Å². The van der Waals surface area contributed by atoms with Crippen molar-refractivity contribution >= 4 is 27.3 Å². The number of carbonyl (C=O) groups is 1. The zero-order valence-electron chi connectivity index (χ0n) is 17.8. The predicted molar refractivity (Wildman–Crippen MR) is 119 cm³/mol. The molecular formula is C21H28N4O5S. The third kappa shape index (κ3) is 7.34. The van der Waals surface area contributed by atoms with Gasteiger partial charge in [0.05, 0.1) is 9.82 Å². The second-order valence-corrected chi connectivity index (χ2v) is 9.32. The first-order chi connectivity index (χ1) is 14.6. The number of rotatable bonds is 11. The Hall–Kier alpha value is -2.98. The topological polar surface area (TPSA) is 130 Å². The van der Waals surface area contributed by atoms with E-state index in [-0.39, 0.29) is 29.6 Å². The van der Waals surface area contributed by atoms with Gasteiger partial charge in [-0.2, -0.15) is 4.72 Å². The number of nitrogens with one attached hydrogen (secondary N) is 3. The Morgan fingerprint density at radius 3 is 2.32 bits per heavy atom. The van der Waals surface area contributed by atoms with E-state index in [0.29, 0.717) is 12.1 Å². The van der Waals surface area contributed by atoms with Crippen LogP contribution >= 0.6 is 0 Å². The Bertz CT molecular complexity index is 1010. The molecule has 2 aromatic rings. The molecule has 1 atom stereocenters. The number of benzene rings is 2. The number of hydrogen-bond acceptors (Lipinski definition) is 6. The van der Waals surface area contributed by atoms with Gasteiger partial charge in [0.2, 0.25) is 15.9 Å². The summed E-state index contributed by atoms with van der Waals surface area (Å²) in [5, 5.41) is 16.7. The fraction of sp³-hybridized carbons (Fsp3) is 0.381. The van der Waals surface area contributed by atoms with Crippen molar-refractivity contribution in [1.82, 2.24) is 10.0 Å². The Morgan fingerprint density at radius 2 is 1.71 bits per heavy atom. The molecule has 0 saturated heterocycles. The molecule has 2 rings (SSSR count). The molecule has 0 aliphatic rings. The molecule has 168 valence electrons. The van der Waals surface area contributed by atoms with Gasteiger partial charge in [0, 0.05) is 19.2 Å². The first-order valence-electron chi connectivity index (χ1n) is 9.94. The van der Waals surface area contributed by atoms with E-state index in [9.17, 15) is 23.3 Å². The van der Waals surface area contributed by atoms with Crippen LogP contribution in [0.1, 0.15) is 25.8 Å². The molecule has 0 aliphatic heterocycles. The number of para-hydroxylation sites is 2. The molecule has 0 fully saturated rings. The van der Waals surface area contributed by atoms with Crippen LogP contribution in [0.3, 0.4) is 0 Å². The highest BCUT2D eigenvalue weighted by molar-refractivity contribution is 7.89. The highest BCUT2D eigenvalue weighted by atomic mass is 32.2. The van der Waals surface area contributed by atoms with Crippen LogP contribution in [0.15, 0.2) is 53.4 Å². The van der Waals surface area contributed by atoms with Crippen LogP contribution in [0, 0.1) is 23.0 Å². The molecule has 1 unspecified atom stereocenters. The second kappa shape index (κ2) is 10.9. The first kappa shape index (κ1) is 24.3. The average molecular weight is 449 g/mol. The third-order valence-electron chi connectivity index (χ3n) is 4.49. The van der Waals surface area contributed by atoms with E-state index in [4.69, 9.17) is 0 Å². The molecule has 9 nitrogen and oxygen atoms in total. The van der Waals surface area contributed by atoms with E-state index < -0.39 is 26.9 Å². The van der Waals surface area contributed by atoms with Gasteiger partial charge < -0.3 is 10.6 Å². The fourth-order valence-corrected chi connectivity index (χ4v) is 4.15. The Kier molecular flexibility index (Phi) is 8.52. The molecule has 10 heteroatoms. The molecule has 2 aromatic carbocycles. The summed E-state index contributed by atoms with van der Waals surface area (Å²) in [7, 11) is -3.86. The van der Waals surface area contributed by atoms with Crippen molar-refractivity contribution in [1.29, 1.82) is 0 Å². The number of aryl methyl sites for hydroxylation is 1. The van der Waals surface area contributed by atoms with Gasteiger partial charge >= 0.3 is 0 Å². The maximum Gasteiger partial charge on any atom is 0.292 e. The SMILES string of the molecule is Cc1ccc(S(=O)(=O)NC(CC(C)C)C(=O)NCCNc2ccccc2[N+](=O)[O-])cc1. The van der Waals surface area contributed by atoms with Crippen LogP contribution in [0.4, 0.5) is 11.4 Å². The molecule has 31 heavy (non-hydrogen) atoms. The molecule has 0 spiro atoms. The van der Waals surface area contributed by atoms with Gasteiger partial charge in [0.25, 0.3) is 5.69 Å². The molecule has 1 amide bonds. The molecule has 0 radical (unpaired) electrons. The van der Waals surface area contributed by atoms with Crippen molar-refractivity contribution in [3.05, 3.63) is 64.2 Å². The van der Waals surface area contributed by atoms with Gasteiger partial charge in [-0.1, -0.05) is 43.7 Å². The van der Waals surface area contributed by atoms with Gasteiger partial charge in [-0.15, -0.1) is 0 Å². The lowest BCUT2D eigenvalue weighted by atomic mass is 10.0. The van der Waals surface area contributed by atoms with Gasteiger partial charge in [-0.25, -0.2) is 8.42 Å². The Morgan fingerprint density at radius 1 is 1.06 bits per heavy atom. The fourth-order valence-electron chi connectivity index (χ4n) is 2.94. The van der Waals surface area contributed by atoms with Crippen LogP contribution in [0.25, 0.3) is 0 Å². The van der Waals surface area contributed by atoms with E-state index in [1.807, 2.05) is 20.8 Å². The highest BCUT2D eigenvalue weighted by Crippen LogP contribution is 2.22. The van der Waals surface area contributed by atoms with Crippen molar-refractivity contribution in [2.45, 2.75) is 38.1 Å². The predicted octanol–water partition coefficient (Wildman–Crippen LogP) is 2.82. The van der Waals surface area contributed by atoms with E-state index >= 15 is 0 Å². The number of nitro groups is 1. The van der Waals surface area contributed by atoms with E-state index in [0.717, 1.165) is 5.56 Å². The third-order valence-corrected chi connectivity index (χ3v) is 5.98. The number of hydrogen-bond donors (Lipinski definition) is 3. The summed E-state index contributed by atoms with van der Waals surface area (Å²) < 4.78 is 27.9. The summed E-state index contributed by atoms with van der Waals surface area (Å²) >= 11 is 0. The smallest absolute Gasteiger partial charge is 0.292 e. The van der Waals surface area contributed by atoms with Crippen molar-refractivity contribution in [2.75, 3.05) is 18.4 Å². The van der Waals surface area contributed by atoms with Crippen molar-refractivity contribution in [2.24, 2.45) is 5.92 Å². The molecule has 0 saturated carbocycles. The number of nitro benzene ring substituents is 1. The number of carbonyl (C=O) groups excluding carboxylic acids is 1. The van der Waals surface area contributed by atoms with E-state index in [2.05, 4.69) is 15.4 Å². The average Bonchev–Trinajstić information content (AvgIpc) is 2.70. The number of anilines is 1. The van der Waals surface area contributed by atoms with Gasteiger partial charge in [-0.05, 0) is 37.5 Å². The van der Waals surface area contributed by atoms with Crippen LogP contribution in [-0.2, 0) is 14.8 Å². The lowest BCUT2D eigenvalue weighted by Crippen LogP contribution is -2.48. The maximum absolute atomic E-state index is 12.7. The lowest BCUT2D eigenvalue weighted by Gasteiger charge is -2.20. The van der Waals surface area contributed by atoms with Crippen molar-refractivity contribution in [3.63, 3.8) is 0 Å². The van der Waals surface area contributed by atoms with Gasteiger partial charge in [0.1, 0.15) is 11.7 Å². The normalized spacial score (nSPS) is 12.4.